The number of pyridine rings is 1. The van der Waals surface area contributed by atoms with Crippen molar-refractivity contribution in [2.75, 3.05) is 0 Å². The van der Waals surface area contributed by atoms with Gasteiger partial charge in [0.25, 0.3) is 0 Å². The maximum absolute atomic E-state index is 12.8. The molecule has 0 bridgehead atoms. The Morgan fingerprint density at radius 1 is 1.16 bits per heavy atom. The van der Waals surface area contributed by atoms with Crippen LogP contribution in [0.4, 0.5) is 4.39 Å². The molecule has 1 unspecified atom stereocenters. The van der Waals surface area contributed by atoms with E-state index in [1.54, 1.807) is 30.6 Å². The maximum Gasteiger partial charge on any atom is 0.307 e. The molecule has 0 radical (unpaired) electrons. The number of aromatic nitrogens is 1. The maximum atomic E-state index is 12.8. The van der Waals surface area contributed by atoms with Gasteiger partial charge in [0.1, 0.15) is 5.82 Å². The number of aliphatic carboxylic acids is 1. The monoisotopic (exact) mass is 259 g/mol. The Morgan fingerprint density at radius 2 is 1.84 bits per heavy atom. The molecule has 4 heteroatoms. The molecule has 0 aliphatic rings. The Hall–Kier alpha value is -2.23. The van der Waals surface area contributed by atoms with Gasteiger partial charge in [-0.25, -0.2) is 4.39 Å². The molecule has 0 fully saturated rings. The minimum Gasteiger partial charge on any atom is -0.481 e. The van der Waals surface area contributed by atoms with Crippen LogP contribution in [0.3, 0.4) is 0 Å². The van der Waals surface area contributed by atoms with Crippen LogP contribution in [0.2, 0.25) is 0 Å². The number of hydrogen-bond donors (Lipinski definition) is 1. The summed E-state index contributed by atoms with van der Waals surface area (Å²) in [6, 6.07) is 9.57. The van der Waals surface area contributed by atoms with Gasteiger partial charge in [0.2, 0.25) is 0 Å². The van der Waals surface area contributed by atoms with E-state index in [1.807, 2.05) is 6.07 Å². The summed E-state index contributed by atoms with van der Waals surface area (Å²) in [5, 5.41) is 9.26. The minimum absolute atomic E-state index is 0.317. The number of rotatable bonds is 5. The van der Waals surface area contributed by atoms with E-state index in [4.69, 9.17) is 0 Å². The summed E-state index contributed by atoms with van der Waals surface area (Å²) in [7, 11) is 0. The van der Waals surface area contributed by atoms with Crippen molar-refractivity contribution >= 4 is 5.97 Å². The molecular formula is C15H14FNO2. The lowest BCUT2D eigenvalue weighted by molar-refractivity contribution is -0.141. The molecule has 2 rings (SSSR count). The van der Waals surface area contributed by atoms with Crippen molar-refractivity contribution in [1.29, 1.82) is 0 Å². The number of carboxylic acid groups (broad SMARTS) is 1. The molecule has 0 saturated carbocycles. The molecule has 0 aliphatic carbocycles. The van der Waals surface area contributed by atoms with E-state index in [0.717, 1.165) is 11.1 Å². The van der Waals surface area contributed by atoms with Crippen LogP contribution in [-0.4, -0.2) is 16.1 Å². The summed E-state index contributed by atoms with van der Waals surface area (Å²) in [4.78, 5) is 15.3. The Labute approximate surface area is 110 Å². The van der Waals surface area contributed by atoms with Gasteiger partial charge in [0.15, 0.2) is 0 Å². The molecule has 98 valence electrons. The van der Waals surface area contributed by atoms with Crippen LogP contribution in [0.5, 0.6) is 0 Å². The van der Waals surface area contributed by atoms with E-state index in [9.17, 15) is 14.3 Å². The van der Waals surface area contributed by atoms with E-state index in [-0.39, 0.29) is 5.82 Å². The normalized spacial score (nSPS) is 12.1. The first-order valence-electron chi connectivity index (χ1n) is 6.01. The molecule has 2 aromatic rings. The van der Waals surface area contributed by atoms with Crippen molar-refractivity contribution in [2.24, 2.45) is 5.92 Å². The van der Waals surface area contributed by atoms with E-state index < -0.39 is 11.9 Å². The highest BCUT2D eigenvalue weighted by Gasteiger charge is 2.18. The summed E-state index contributed by atoms with van der Waals surface area (Å²) >= 11 is 0. The lowest BCUT2D eigenvalue weighted by Crippen LogP contribution is -2.19. The molecule has 1 aromatic heterocycles. The average molecular weight is 259 g/mol. The molecule has 0 aliphatic heterocycles. The van der Waals surface area contributed by atoms with Gasteiger partial charge in [-0.15, -0.1) is 0 Å². The zero-order chi connectivity index (χ0) is 13.7. The number of hydrogen-bond acceptors (Lipinski definition) is 2. The summed E-state index contributed by atoms with van der Waals surface area (Å²) in [5.74, 6) is -1.70. The van der Waals surface area contributed by atoms with Crippen molar-refractivity contribution < 1.29 is 14.3 Å². The highest BCUT2D eigenvalue weighted by atomic mass is 19.1. The Balaban J connectivity index is 2.08. The Bertz CT molecular complexity index is 540. The highest BCUT2D eigenvalue weighted by molar-refractivity contribution is 5.70. The van der Waals surface area contributed by atoms with Gasteiger partial charge in [0.05, 0.1) is 5.92 Å². The second-order valence-corrected chi connectivity index (χ2v) is 4.43. The summed E-state index contributed by atoms with van der Waals surface area (Å²) in [6.07, 6.45) is 4.12. The van der Waals surface area contributed by atoms with E-state index in [2.05, 4.69) is 4.98 Å². The molecule has 19 heavy (non-hydrogen) atoms. The van der Waals surface area contributed by atoms with Crippen LogP contribution >= 0.6 is 0 Å². The molecule has 0 amide bonds. The van der Waals surface area contributed by atoms with Gasteiger partial charge in [-0.1, -0.05) is 18.2 Å². The first-order valence-corrected chi connectivity index (χ1v) is 6.01. The molecular weight excluding hydrogens is 245 g/mol. The second-order valence-electron chi connectivity index (χ2n) is 4.43. The van der Waals surface area contributed by atoms with Crippen LogP contribution in [0, 0.1) is 11.7 Å². The van der Waals surface area contributed by atoms with Gasteiger partial charge in [0, 0.05) is 12.4 Å². The standard InChI is InChI=1S/C15H14FNO2/c16-14-5-3-11(4-6-14)8-13(15(18)19)9-12-2-1-7-17-10-12/h1-7,10,13H,8-9H2,(H,18,19). The Kier molecular flexibility index (Phi) is 4.23. The molecule has 1 heterocycles. The molecule has 1 N–H and O–H groups in total. The van der Waals surface area contributed by atoms with Gasteiger partial charge >= 0.3 is 5.97 Å². The smallest absolute Gasteiger partial charge is 0.307 e. The first kappa shape index (κ1) is 13.2. The quantitative estimate of drug-likeness (QED) is 0.898. The zero-order valence-electron chi connectivity index (χ0n) is 10.3. The van der Waals surface area contributed by atoms with Gasteiger partial charge in [-0.3, -0.25) is 9.78 Å². The second kappa shape index (κ2) is 6.09. The van der Waals surface area contributed by atoms with Crippen molar-refractivity contribution in [2.45, 2.75) is 12.8 Å². The molecule has 0 saturated heterocycles. The predicted octanol–water partition coefficient (Wildman–Crippen LogP) is 2.71. The lowest BCUT2D eigenvalue weighted by Gasteiger charge is -2.12. The highest BCUT2D eigenvalue weighted by Crippen LogP contribution is 2.15. The fourth-order valence-corrected chi connectivity index (χ4v) is 1.96. The SMILES string of the molecule is O=C(O)C(Cc1ccc(F)cc1)Cc1cccnc1. The number of halogens is 1. The lowest BCUT2D eigenvalue weighted by atomic mass is 9.93. The fourth-order valence-electron chi connectivity index (χ4n) is 1.96. The number of nitrogens with zero attached hydrogens (tertiary/aromatic N) is 1. The number of carbonyl (C=O) groups is 1. The molecule has 3 nitrogen and oxygen atoms in total. The third-order valence-electron chi connectivity index (χ3n) is 2.95. The topological polar surface area (TPSA) is 50.2 Å². The zero-order valence-corrected chi connectivity index (χ0v) is 10.3. The van der Waals surface area contributed by atoms with Crippen molar-refractivity contribution in [1.82, 2.24) is 4.98 Å². The van der Waals surface area contributed by atoms with Crippen LogP contribution < -0.4 is 0 Å². The predicted molar refractivity (Wildman–Crippen MR) is 69.2 cm³/mol. The number of benzene rings is 1. The van der Waals surface area contributed by atoms with Crippen molar-refractivity contribution in [3.05, 3.63) is 65.7 Å². The first-order chi connectivity index (χ1) is 9.15. The van der Waals surface area contributed by atoms with Crippen LogP contribution in [0.1, 0.15) is 11.1 Å². The third-order valence-corrected chi connectivity index (χ3v) is 2.95. The van der Waals surface area contributed by atoms with E-state index in [1.165, 1.54) is 12.1 Å². The van der Waals surface area contributed by atoms with Gasteiger partial charge in [-0.05, 0) is 42.2 Å². The van der Waals surface area contributed by atoms with E-state index in [0.29, 0.717) is 12.8 Å². The Morgan fingerprint density at radius 3 is 2.42 bits per heavy atom. The number of carboxylic acids is 1. The summed E-state index contributed by atoms with van der Waals surface area (Å²) in [6.45, 7) is 0. The van der Waals surface area contributed by atoms with E-state index >= 15 is 0 Å². The fraction of sp³-hybridized carbons (Fsp3) is 0.200. The summed E-state index contributed by atoms with van der Waals surface area (Å²) < 4.78 is 12.8. The van der Waals surface area contributed by atoms with Crippen molar-refractivity contribution in [3.8, 4) is 0 Å². The van der Waals surface area contributed by atoms with Crippen molar-refractivity contribution in [3.63, 3.8) is 0 Å². The molecule has 0 spiro atoms. The van der Waals surface area contributed by atoms with Gasteiger partial charge < -0.3 is 5.11 Å². The average Bonchev–Trinajstić information content (AvgIpc) is 2.41. The largest absolute Gasteiger partial charge is 0.481 e. The van der Waals surface area contributed by atoms with Crippen LogP contribution in [-0.2, 0) is 17.6 Å². The summed E-state index contributed by atoms with van der Waals surface area (Å²) in [5.41, 5.74) is 1.70. The van der Waals surface area contributed by atoms with Crippen LogP contribution in [0.15, 0.2) is 48.8 Å². The molecule has 1 atom stereocenters. The third kappa shape index (κ3) is 3.88. The minimum atomic E-state index is -0.854. The van der Waals surface area contributed by atoms with Crippen LogP contribution in [0.25, 0.3) is 0 Å². The molecule has 1 aromatic carbocycles. The van der Waals surface area contributed by atoms with Gasteiger partial charge in [-0.2, -0.15) is 0 Å².